The second-order valence-electron chi connectivity index (χ2n) is 4.56. The van der Waals surface area contributed by atoms with E-state index in [-0.39, 0.29) is 5.91 Å². The van der Waals surface area contributed by atoms with E-state index in [0.717, 1.165) is 42.8 Å². The van der Waals surface area contributed by atoms with Crippen molar-refractivity contribution in [3.8, 4) is 5.75 Å². The molecule has 0 N–H and O–H groups in total. The molecule has 0 saturated carbocycles. The lowest BCUT2D eigenvalue weighted by atomic mass is 10.0. The Morgan fingerprint density at radius 1 is 1.35 bits per heavy atom. The molecule has 3 nitrogen and oxygen atoms in total. The zero-order valence-corrected chi connectivity index (χ0v) is 10.5. The normalized spacial score (nSPS) is 15.1. The molecule has 17 heavy (non-hydrogen) atoms. The van der Waals surface area contributed by atoms with Gasteiger partial charge in [-0.3, -0.25) is 4.79 Å². The zero-order chi connectivity index (χ0) is 12.3. The fraction of sp³-hybridized carbons (Fsp3) is 0.500. The molecule has 1 heterocycles. The minimum atomic E-state index is 0.235. The number of ether oxygens (including phenoxy) is 1. The van der Waals surface area contributed by atoms with Gasteiger partial charge in [-0.15, -0.1) is 0 Å². The van der Waals surface area contributed by atoms with Crippen LogP contribution in [-0.2, 0) is 11.2 Å². The Labute approximate surface area is 102 Å². The molecule has 1 aromatic rings. The first-order chi connectivity index (χ1) is 8.20. The summed E-state index contributed by atoms with van der Waals surface area (Å²) in [6.07, 6.45) is 2.77. The predicted octanol–water partition coefficient (Wildman–Crippen LogP) is 2.17. The highest BCUT2D eigenvalue weighted by molar-refractivity contribution is 5.79. The van der Waals surface area contributed by atoms with Gasteiger partial charge in [0.05, 0.1) is 13.5 Å². The van der Waals surface area contributed by atoms with Gasteiger partial charge >= 0.3 is 0 Å². The quantitative estimate of drug-likeness (QED) is 0.800. The Morgan fingerprint density at radius 3 is 2.71 bits per heavy atom. The first kappa shape index (κ1) is 12.0. The number of nitrogens with zero attached hydrogens (tertiary/aromatic N) is 1. The van der Waals surface area contributed by atoms with Crippen LogP contribution in [-0.4, -0.2) is 31.0 Å². The van der Waals surface area contributed by atoms with Crippen LogP contribution in [0.3, 0.4) is 0 Å². The van der Waals surface area contributed by atoms with Gasteiger partial charge in [0.15, 0.2) is 0 Å². The van der Waals surface area contributed by atoms with Gasteiger partial charge in [-0.05, 0) is 43.0 Å². The molecule has 3 heteroatoms. The van der Waals surface area contributed by atoms with Crippen molar-refractivity contribution in [3.63, 3.8) is 0 Å². The molecule has 0 bridgehead atoms. The van der Waals surface area contributed by atoms with Gasteiger partial charge < -0.3 is 9.64 Å². The highest BCUT2D eigenvalue weighted by Gasteiger charge is 2.18. The van der Waals surface area contributed by atoms with Gasteiger partial charge in [0.2, 0.25) is 5.91 Å². The largest absolute Gasteiger partial charge is 0.497 e. The van der Waals surface area contributed by atoms with Crippen molar-refractivity contribution >= 4 is 5.91 Å². The van der Waals surface area contributed by atoms with Crippen molar-refractivity contribution < 1.29 is 9.53 Å². The standard InChI is InChI=1S/C14H19NO2/c1-11-5-6-13(17-2)9-12(11)10-14(16)15-7-3-4-8-15/h5-6,9H,3-4,7-8,10H2,1-2H3. The number of aryl methyl sites for hydroxylation is 1. The third-order valence-electron chi connectivity index (χ3n) is 3.36. The Kier molecular flexibility index (Phi) is 3.67. The number of benzene rings is 1. The average molecular weight is 233 g/mol. The molecule has 1 saturated heterocycles. The molecule has 1 aliphatic heterocycles. The topological polar surface area (TPSA) is 29.5 Å². The first-order valence-corrected chi connectivity index (χ1v) is 6.12. The molecule has 0 atom stereocenters. The van der Waals surface area contributed by atoms with E-state index >= 15 is 0 Å². The Balaban J connectivity index is 2.09. The van der Waals surface area contributed by atoms with Crippen LogP contribution in [0.15, 0.2) is 18.2 Å². The number of carbonyl (C=O) groups excluding carboxylic acids is 1. The second kappa shape index (κ2) is 5.21. The number of carbonyl (C=O) groups is 1. The number of methoxy groups -OCH3 is 1. The third kappa shape index (κ3) is 2.78. The molecular weight excluding hydrogens is 214 g/mol. The van der Waals surface area contributed by atoms with Gasteiger partial charge in [-0.1, -0.05) is 6.07 Å². The maximum Gasteiger partial charge on any atom is 0.227 e. The lowest BCUT2D eigenvalue weighted by Crippen LogP contribution is -2.29. The number of likely N-dealkylation sites (tertiary alicyclic amines) is 1. The number of hydrogen-bond donors (Lipinski definition) is 0. The Bertz CT molecular complexity index is 409. The minimum Gasteiger partial charge on any atom is -0.497 e. The van der Waals surface area contributed by atoms with Gasteiger partial charge in [-0.25, -0.2) is 0 Å². The van der Waals surface area contributed by atoms with Crippen LogP contribution in [0.4, 0.5) is 0 Å². The van der Waals surface area contributed by atoms with Crippen molar-refractivity contribution in [2.45, 2.75) is 26.2 Å². The number of amides is 1. The van der Waals surface area contributed by atoms with Crippen molar-refractivity contribution in [1.29, 1.82) is 0 Å². The summed E-state index contributed by atoms with van der Waals surface area (Å²) in [6, 6.07) is 5.90. The van der Waals surface area contributed by atoms with E-state index in [2.05, 4.69) is 0 Å². The Morgan fingerprint density at radius 2 is 2.06 bits per heavy atom. The van der Waals surface area contributed by atoms with Crippen molar-refractivity contribution in [1.82, 2.24) is 4.90 Å². The van der Waals surface area contributed by atoms with Crippen LogP contribution in [0.2, 0.25) is 0 Å². The molecule has 1 aliphatic rings. The van der Waals surface area contributed by atoms with Crippen LogP contribution in [0.25, 0.3) is 0 Å². The highest BCUT2D eigenvalue weighted by Crippen LogP contribution is 2.19. The number of rotatable bonds is 3. The second-order valence-corrected chi connectivity index (χ2v) is 4.56. The minimum absolute atomic E-state index is 0.235. The lowest BCUT2D eigenvalue weighted by molar-refractivity contribution is -0.129. The summed E-state index contributed by atoms with van der Waals surface area (Å²) in [4.78, 5) is 14.0. The van der Waals surface area contributed by atoms with E-state index in [1.807, 2.05) is 30.0 Å². The molecule has 1 amide bonds. The molecule has 1 fully saturated rings. The van der Waals surface area contributed by atoms with Crippen molar-refractivity contribution in [2.75, 3.05) is 20.2 Å². The summed E-state index contributed by atoms with van der Waals surface area (Å²) < 4.78 is 5.19. The summed E-state index contributed by atoms with van der Waals surface area (Å²) in [6.45, 7) is 3.87. The van der Waals surface area contributed by atoms with E-state index < -0.39 is 0 Å². The van der Waals surface area contributed by atoms with Crippen molar-refractivity contribution in [2.24, 2.45) is 0 Å². The molecule has 92 valence electrons. The fourth-order valence-electron chi connectivity index (χ4n) is 2.21. The molecule has 0 radical (unpaired) electrons. The average Bonchev–Trinajstić information content (AvgIpc) is 2.85. The molecule has 0 spiro atoms. The van der Waals surface area contributed by atoms with Gasteiger partial charge in [0.1, 0.15) is 5.75 Å². The van der Waals surface area contributed by atoms with E-state index in [4.69, 9.17) is 4.74 Å². The van der Waals surface area contributed by atoms with E-state index in [0.29, 0.717) is 6.42 Å². The van der Waals surface area contributed by atoms with Gasteiger partial charge in [-0.2, -0.15) is 0 Å². The van der Waals surface area contributed by atoms with Crippen LogP contribution < -0.4 is 4.74 Å². The van der Waals surface area contributed by atoms with E-state index in [1.165, 1.54) is 0 Å². The van der Waals surface area contributed by atoms with Crippen LogP contribution in [0.5, 0.6) is 5.75 Å². The monoisotopic (exact) mass is 233 g/mol. The molecule has 0 aliphatic carbocycles. The van der Waals surface area contributed by atoms with Crippen LogP contribution >= 0.6 is 0 Å². The van der Waals surface area contributed by atoms with E-state index in [1.54, 1.807) is 7.11 Å². The van der Waals surface area contributed by atoms with Crippen molar-refractivity contribution in [3.05, 3.63) is 29.3 Å². The summed E-state index contributed by atoms with van der Waals surface area (Å²) in [5.41, 5.74) is 2.22. The maximum atomic E-state index is 12.1. The Hall–Kier alpha value is -1.51. The molecule has 0 aromatic heterocycles. The highest BCUT2D eigenvalue weighted by atomic mass is 16.5. The van der Waals surface area contributed by atoms with Crippen LogP contribution in [0, 0.1) is 6.92 Å². The maximum absolute atomic E-state index is 12.1. The SMILES string of the molecule is COc1ccc(C)c(CC(=O)N2CCCC2)c1. The summed E-state index contributed by atoms with van der Waals surface area (Å²) in [5, 5.41) is 0. The predicted molar refractivity (Wildman–Crippen MR) is 67.2 cm³/mol. The fourth-order valence-corrected chi connectivity index (χ4v) is 2.21. The molecule has 2 rings (SSSR count). The molecule has 1 aromatic carbocycles. The zero-order valence-electron chi connectivity index (χ0n) is 10.5. The molecule has 0 unspecified atom stereocenters. The summed E-state index contributed by atoms with van der Waals surface area (Å²) in [5.74, 6) is 1.05. The lowest BCUT2D eigenvalue weighted by Gasteiger charge is -2.16. The third-order valence-corrected chi connectivity index (χ3v) is 3.36. The van der Waals surface area contributed by atoms with Gasteiger partial charge in [0, 0.05) is 13.1 Å². The molecular formula is C14H19NO2. The summed E-state index contributed by atoms with van der Waals surface area (Å²) >= 11 is 0. The summed E-state index contributed by atoms with van der Waals surface area (Å²) in [7, 11) is 1.65. The number of hydrogen-bond acceptors (Lipinski definition) is 2. The van der Waals surface area contributed by atoms with E-state index in [9.17, 15) is 4.79 Å². The first-order valence-electron chi connectivity index (χ1n) is 6.12. The van der Waals surface area contributed by atoms with Crippen LogP contribution in [0.1, 0.15) is 24.0 Å². The van der Waals surface area contributed by atoms with Gasteiger partial charge in [0.25, 0.3) is 0 Å². The smallest absolute Gasteiger partial charge is 0.227 e.